The molecule has 10 heteroatoms. The van der Waals surface area contributed by atoms with E-state index >= 15 is 0 Å². The smallest absolute Gasteiger partial charge is 0.210 e. The normalized spacial score (nSPS) is 11.1. The van der Waals surface area contributed by atoms with E-state index in [2.05, 4.69) is 85.2 Å². The van der Waals surface area contributed by atoms with Gasteiger partial charge in [0.1, 0.15) is 10.8 Å². The molecule has 0 atom stereocenters. The Hall–Kier alpha value is -4.96. The number of H-pyrrole nitrogens is 1. The fourth-order valence-corrected chi connectivity index (χ4v) is 5.41. The Morgan fingerprint density at radius 1 is 0.829 bits per heavy atom. The van der Waals surface area contributed by atoms with Crippen molar-refractivity contribution in [3.63, 3.8) is 0 Å². The van der Waals surface area contributed by atoms with Gasteiger partial charge in [-0.1, -0.05) is 110 Å². The Morgan fingerprint density at radius 3 is 2.29 bits per heavy atom. The predicted molar refractivity (Wildman–Crippen MR) is 164 cm³/mol. The van der Waals surface area contributed by atoms with Gasteiger partial charge < -0.3 is 10.2 Å². The van der Waals surface area contributed by atoms with Crippen LogP contribution in [0.15, 0.2) is 97.1 Å². The van der Waals surface area contributed by atoms with E-state index in [1.807, 2.05) is 66.7 Å². The van der Waals surface area contributed by atoms with Gasteiger partial charge in [-0.2, -0.15) is 5.21 Å². The molecule has 6 rings (SSSR count). The highest BCUT2D eigenvalue weighted by Crippen LogP contribution is 2.35. The fourth-order valence-electron chi connectivity index (χ4n) is 4.64. The summed E-state index contributed by atoms with van der Waals surface area (Å²) in [6.45, 7) is 6.02. The van der Waals surface area contributed by atoms with Crippen molar-refractivity contribution in [3.8, 4) is 33.2 Å². The first kappa shape index (κ1) is 26.3. The van der Waals surface area contributed by atoms with Crippen LogP contribution in [0.3, 0.4) is 0 Å². The molecule has 0 fully saturated rings. The molecule has 6 aromatic rings. The molecule has 204 valence electrons. The number of anilines is 3. The van der Waals surface area contributed by atoms with Crippen molar-refractivity contribution < 1.29 is 0 Å². The maximum Gasteiger partial charge on any atom is 0.210 e. The van der Waals surface area contributed by atoms with Crippen molar-refractivity contribution in [2.24, 2.45) is 5.92 Å². The van der Waals surface area contributed by atoms with Crippen molar-refractivity contribution >= 4 is 28.0 Å². The van der Waals surface area contributed by atoms with E-state index in [-0.39, 0.29) is 0 Å². The molecule has 0 unspecified atom stereocenters. The monoisotopic (exact) mass is 559 g/mol. The summed E-state index contributed by atoms with van der Waals surface area (Å²) in [6.07, 6.45) is 0. The Labute approximate surface area is 242 Å². The lowest BCUT2D eigenvalue weighted by atomic mass is 10.0. The first-order valence-electron chi connectivity index (χ1n) is 13.4. The van der Waals surface area contributed by atoms with Crippen LogP contribution >= 0.6 is 11.3 Å². The van der Waals surface area contributed by atoms with Crippen molar-refractivity contribution in [1.29, 1.82) is 0 Å². The molecule has 0 radical (unpaired) electrons. The summed E-state index contributed by atoms with van der Waals surface area (Å²) in [5, 5.41) is 28.7. The lowest BCUT2D eigenvalue weighted by Crippen LogP contribution is -2.28. The molecular weight excluding hydrogens is 530 g/mol. The topological polar surface area (TPSA) is 108 Å². The van der Waals surface area contributed by atoms with E-state index in [9.17, 15) is 0 Å². The average Bonchev–Trinajstić information content (AvgIpc) is 3.71. The molecule has 3 aromatic heterocycles. The van der Waals surface area contributed by atoms with Crippen LogP contribution < -0.4 is 10.2 Å². The Balaban J connectivity index is 1.43. The van der Waals surface area contributed by atoms with Gasteiger partial charge in [0.05, 0.1) is 5.69 Å². The molecule has 0 spiro atoms. The number of nitrogens with one attached hydrogen (secondary N) is 2. The molecule has 0 bridgehead atoms. The van der Waals surface area contributed by atoms with Crippen LogP contribution in [0, 0.1) is 5.92 Å². The summed E-state index contributed by atoms with van der Waals surface area (Å²) < 4.78 is 0. The van der Waals surface area contributed by atoms with E-state index in [4.69, 9.17) is 4.98 Å². The second-order valence-electron chi connectivity index (χ2n) is 10.0. The number of aromatic amines is 1. The summed E-state index contributed by atoms with van der Waals surface area (Å²) in [7, 11) is 0. The summed E-state index contributed by atoms with van der Waals surface area (Å²) >= 11 is 1.51. The van der Waals surface area contributed by atoms with Gasteiger partial charge in [0, 0.05) is 41.5 Å². The lowest BCUT2D eigenvalue weighted by Gasteiger charge is -2.27. The molecule has 2 N–H and O–H groups in total. The van der Waals surface area contributed by atoms with Crippen LogP contribution in [0.4, 0.5) is 16.6 Å². The number of rotatable bonds is 10. The minimum atomic E-state index is 0.434. The number of tetrazole rings is 1. The number of aromatic nitrogens is 7. The number of pyridine rings is 1. The quantitative estimate of drug-likeness (QED) is 0.188. The summed E-state index contributed by atoms with van der Waals surface area (Å²) in [6, 6.07) is 32.6. The van der Waals surface area contributed by atoms with E-state index in [0.717, 1.165) is 52.0 Å². The number of benzene rings is 3. The van der Waals surface area contributed by atoms with E-state index < -0.39 is 0 Å². The third-order valence-electron chi connectivity index (χ3n) is 6.42. The number of nitrogens with zero attached hydrogens (tertiary/aromatic N) is 7. The molecule has 3 heterocycles. The van der Waals surface area contributed by atoms with Gasteiger partial charge in [-0.15, -0.1) is 20.4 Å². The second-order valence-corrected chi connectivity index (χ2v) is 11.0. The van der Waals surface area contributed by atoms with Crippen LogP contribution in [0.1, 0.15) is 19.4 Å². The molecule has 41 heavy (non-hydrogen) atoms. The minimum Gasteiger partial charge on any atom is -0.352 e. The van der Waals surface area contributed by atoms with Crippen molar-refractivity contribution in [2.45, 2.75) is 20.4 Å². The summed E-state index contributed by atoms with van der Waals surface area (Å²) in [4.78, 5) is 7.51. The molecule has 0 saturated carbocycles. The SMILES string of the molecule is CC(C)CN(Cc1ccccc1)c1cc(Nc2nnc(-c3ccccc3)s2)cc(-c2ccccc2-c2nn[nH]n2)n1. The van der Waals surface area contributed by atoms with Crippen molar-refractivity contribution in [1.82, 2.24) is 35.8 Å². The van der Waals surface area contributed by atoms with Crippen LogP contribution in [0.2, 0.25) is 0 Å². The van der Waals surface area contributed by atoms with Gasteiger partial charge in [-0.25, -0.2) is 4.98 Å². The molecule has 0 aliphatic rings. The van der Waals surface area contributed by atoms with Gasteiger partial charge in [-0.3, -0.25) is 0 Å². The zero-order chi connectivity index (χ0) is 28.0. The van der Waals surface area contributed by atoms with Crippen LogP contribution in [-0.4, -0.2) is 42.4 Å². The molecule has 3 aromatic carbocycles. The third kappa shape index (κ3) is 6.28. The Morgan fingerprint density at radius 2 is 1.56 bits per heavy atom. The van der Waals surface area contributed by atoms with Crippen LogP contribution in [-0.2, 0) is 6.54 Å². The first-order valence-corrected chi connectivity index (χ1v) is 14.2. The molecule has 0 saturated heterocycles. The number of hydrogen-bond donors (Lipinski definition) is 2. The third-order valence-corrected chi connectivity index (χ3v) is 7.31. The van der Waals surface area contributed by atoms with Crippen molar-refractivity contribution in [2.75, 3.05) is 16.8 Å². The highest BCUT2D eigenvalue weighted by Gasteiger charge is 2.18. The standard InChI is InChI=1S/C31H29N9S/c1-21(2)19-40(20-22-11-5-3-6-12-22)28-18-24(32-31-37-36-30(41-31)23-13-7-4-8-14-23)17-27(33-28)25-15-9-10-16-26(25)29-34-38-39-35-29/h3-18,21H,19-20H2,1-2H3,(H,32,33,37)(H,34,35,38,39). The molecule has 0 amide bonds. The lowest BCUT2D eigenvalue weighted by molar-refractivity contribution is 0.605. The maximum atomic E-state index is 5.19. The zero-order valence-electron chi connectivity index (χ0n) is 22.8. The summed E-state index contributed by atoms with van der Waals surface area (Å²) in [5.74, 6) is 1.81. The van der Waals surface area contributed by atoms with Crippen molar-refractivity contribution in [3.05, 3.63) is 103 Å². The van der Waals surface area contributed by atoms with Gasteiger partial charge in [0.15, 0.2) is 0 Å². The predicted octanol–water partition coefficient (Wildman–Crippen LogP) is 6.85. The Kier molecular flexibility index (Phi) is 7.72. The first-order chi connectivity index (χ1) is 20.1. The summed E-state index contributed by atoms with van der Waals surface area (Å²) in [5.41, 5.74) is 5.67. The zero-order valence-corrected chi connectivity index (χ0v) is 23.6. The van der Waals surface area contributed by atoms with Gasteiger partial charge in [0.25, 0.3) is 0 Å². The molecule has 0 aliphatic heterocycles. The maximum absolute atomic E-state index is 5.19. The van der Waals surface area contributed by atoms with E-state index in [1.54, 1.807) is 0 Å². The van der Waals surface area contributed by atoms with E-state index in [0.29, 0.717) is 16.9 Å². The largest absolute Gasteiger partial charge is 0.352 e. The van der Waals surface area contributed by atoms with Gasteiger partial charge >= 0.3 is 0 Å². The minimum absolute atomic E-state index is 0.434. The Bertz CT molecular complexity index is 1700. The van der Waals surface area contributed by atoms with E-state index in [1.165, 1.54) is 16.9 Å². The highest BCUT2D eigenvalue weighted by molar-refractivity contribution is 7.18. The molecule has 0 aliphatic carbocycles. The van der Waals surface area contributed by atoms with Gasteiger partial charge in [-0.05, 0) is 22.8 Å². The molecular formula is C31H29N9S. The van der Waals surface area contributed by atoms with Crippen LogP contribution in [0.5, 0.6) is 0 Å². The average molecular weight is 560 g/mol. The molecule has 9 nitrogen and oxygen atoms in total. The number of hydrogen-bond acceptors (Lipinski definition) is 9. The van der Waals surface area contributed by atoms with Crippen LogP contribution in [0.25, 0.3) is 33.2 Å². The van der Waals surface area contributed by atoms with Gasteiger partial charge in [0.2, 0.25) is 11.0 Å². The fraction of sp³-hybridized carbons (Fsp3) is 0.161. The second kappa shape index (κ2) is 12.1. The highest BCUT2D eigenvalue weighted by atomic mass is 32.1.